The molecule has 2 rings (SSSR count). The maximum Gasteiger partial charge on any atom is 0.418 e. The lowest BCUT2D eigenvalue weighted by Gasteiger charge is -2.40. The topological polar surface area (TPSA) is 15.3 Å². The van der Waals surface area contributed by atoms with Gasteiger partial charge in [-0.3, -0.25) is 0 Å². The predicted octanol–water partition coefficient (Wildman–Crippen LogP) is 4.05. The summed E-state index contributed by atoms with van der Waals surface area (Å²) < 4.78 is 40.2. The van der Waals surface area contributed by atoms with Crippen LogP contribution in [0, 0.1) is 5.92 Å². The quantitative estimate of drug-likeness (QED) is 0.906. The van der Waals surface area contributed by atoms with Crippen LogP contribution in [0.4, 0.5) is 18.9 Å². The minimum absolute atomic E-state index is 0.134. The molecular weight excluding hydrogens is 277 g/mol. The van der Waals surface area contributed by atoms with Gasteiger partial charge in [-0.1, -0.05) is 13.0 Å². The Morgan fingerprint density at radius 1 is 1.29 bits per heavy atom. The van der Waals surface area contributed by atoms with Gasteiger partial charge in [0.15, 0.2) is 0 Å². The van der Waals surface area contributed by atoms with Crippen LogP contribution >= 0.6 is 0 Å². The van der Waals surface area contributed by atoms with E-state index in [0.717, 1.165) is 12.8 Å². The maximum atomic E-state index is 13.4. The van der Waals surface area contributed by atoms with E-state index in [-0.39, 0.29) is 6.04 Å². The number of alkyl halides is 3. The zero-order valence-corrected chi connectivity index (χ0v) is 12.8. The van der Waals surface area contributed by atoms with Crippen molar-refractivity contribution in [3.63, 3.8) is 0 Å². The molecule has 5 heteroatoms. The zero-order chi connectivity index (χ0) is 15.6. The second kappa shape index (κ2) is 6.26. The average Bonchev–Trinajstić information content (AvgIpc) is 2.41. The number of anilines is 1. The molecule has 0 aromatic heterocycles. The highest BCUT2D eigenvalue weighted by Crippen LogP contribution is 2.40. The van der Waals surface area contributed by atoms with E-state index in [4.69, 9.17) is 0 Å². The monoisotopic (exact) mass is 300 g/mol. The average molecular weight is 300 g/mol. The molecule has 0 bridgehead atoms. The van der Waals surface area contributed by atoms with Gasteiger partial charge < -0.3 is 10.2 Å². The fourth-order valence-electron chi connectivity index (χ4n) is 3.05. The van der Waals surface area contributed by atoms with Crippen LogP contribution in [0.25, 0.3) is 0 Å². The first-order chi connectivity index (χ1) is 9.84. The molecule has 0 spiro atoms. The molecule has 0 radical (unpaired) electrons. The maximum absolute atomic E-state index is 13.4. The van der Waals surface area contributed by atoms with Gasteiger partial charge >= 0.3 is 6.18 Å². The van der Waals surface area contributed by atoms with Crippen molar-refractivity contribution in [2.24, 2.45) is 5.92 Å². The highest BCUT2D eigenvalue weighted by molar-refractivity contribution is 5.57. The van der Waals surface area contributed by atoms with E-state index in [0.29, 0.717) is 30.3 Å². The first kappa shape index (κ1) is 16.1. The van der Waals surface area contributed by atoms with E-state index in [1.165, 1.54) is 6.07 Å². The lowest BCUT2D eigenvalue weighted by Crippen LogP contribution is -2.43. The Morgan fingerprint density at radius 2 is 2.00 bits per heavy atom. The standard InChI is InChI=1S/C16H23F3N2/c1-11-5-4-8-21(12(11)2)15-7-6-13(10-20-3)9-14(15)16(17,18)19/h6-7,9,11-12,20H,4-5,8,10H2,1-3H3. The molecular formula is C16H23F3N2. The molecule has 118 valence electrons. The van der Waals surface area contributed by atoms with Crippen molar-refractivity contribution in [1.82, 2.24) is 5.32 Å². The molecule has 2 unspecified atom stereocenters. The number of nitrogens with one attached hydrogen (secondary N) is 1. The van der Waals surface area contributed by atoms with E-state index in [9.17, 15) is 13.2 Å². The first-order valence-electron chi connectivity index (χ1n) is 7.46. The summed E-state index contributed by atoms with van der Waals surface area (Å²) in [4.78, 5) is 1.92. The first-order valence-corrected chi connectivity index (χ1v) is 7.46. The molecule has 1 aliphatic heterocycles. The van der Waals surface area contributed by atoms with Crippen molar-refractivity contribution in [3.05, 3.63) is 29.3 Å². The Balaban J connectivity index is 2.42. The van der Waals surface area contributed by atoms with Crippen molar-refractivity contribution in [2.75, 3.05) is 18.5 Å². The minimum atomic E-state index is -4.32. The summed E-state index contributed by atoms with van der Waals surface area (Å²) in [6, 6.07) is 4.82. The van der Waals surface area contributed by atoms with Crippen LogP contribution in [0.1, 0.15) is 37.8 Å². The number of piperidine rings is 1. The number of hydrogen-bond acceptors (Lipinski definition) is 2. The Kier molecular flexibility index (Phi) is 4.81. The lowest BCUT2D eigenvalue weighted by atomic mass is 9.91. The third-order valence-electron chi connectivity index (χ3n) is 4.43. The predicted molar refractivity (Wildman–Crippen MR) is 79.4 cm³/mol. The third kappa shape index (κ3) is 3.51. The van der Waals surface area contributed by atoms with Crippen molar-refractivity contribution >= 4 is 5.69 Å². The largest absolute Gasteiger partial charge is 0.418 e. The van der Waals surface area contributed by atoms with E-state index in [1.807, 2.05) is 11.8 Å². The van der Waals surface area contributed by atoms with Crippen LogP contribution in [0.2, 0.25) is 0 Å². The molecule has 0 saturated carbocycles. The number of nitrogens with zero attached hydrogens (tertiary/aromatic N) is 1. The normalized spacial score (nSPS) is 23.4. The van der Waals surface area contributed by atoms with Crippen LogP contribution < -0.4 is 10.2 Å². The van der Waals surface area contributed by atoms with Gasteiger partial charge in [0.05, 0.1) is 5.56 Å². The van der Waals surface area contributed by atoms with Gasteiger partial charge in [-0.05, 0) is 50.4 Å². The number of benzene rings is 1. The SMILES string of the molecule is CNCc1ccc(N2CCCC(C)C2C)c(C(F)(F)F)c1. The van der Waals surface area contributed by atoms with Crippen LogP contribution in [0.15, 0.2) is 18.2 Å². The Morgan fingerprint density at radius 3 is 2.62 bits per heavy atom. The van der Waals surface area contributed by atoms with E-state index in [2.05, 4.69) is 12.2 Å². The molecule has 1 heterocycles. The van der Waals surface area contributed by atoms with Crippen LogP contribution in [-0.2, 0) is 12.7 Å². The lowest BCUT2D eigenvalue weighted by molar-refractivity contribution is -0.137. The van der Waals surface area contributed by atoms with Crippen LogP contribution in [-0.4, -0.2) is 19.6 Å². The number of rotatable bonds is 3. The summed E-state index contributed by atoms with van der Waals surface area (Å²) in [6.07, 6.45) is -2.29. The summed E-state index contributed by atoms with van der Waals surface area (Å²) >= 11 is 0. The van der Waals surface area contributed by atoms with Gasteiger partial charge in [-0.15, -0.1) is 0 Å². The van der Waals surface area contributed by atoms with Gasteiger partial charge in [-0.2, -0.15) is 13.2 Å². The van der Waals surface area contributed by atoms with Crippen molar-refractivity contribution in [2.45, 2.75) is 45.5 Å². The van der Waals surface area contributed by atoms with Gasteiger partial charge in [0.25, 0.3) is 0 Å². The van der Waals surface area contributed by atoms with E-state index in [1.54, 1.807) is 19.2 Å². The number of halogens is 3. The molecule has 0 aliphatic carbocycles. The van der Waals surface area contributed by atoms with Gasteiger partial charge in [0.2, 0.25) is 0 Å². The van der Waals surface area contributed by atoms with E-state index >= 15 is 0 Å². The summed E-state index contributed by atoms with van der Waals surface area (Å²) in [5.74, 6) is 0.414. The van der Waals surface area contributed by atoms with Gasteiger partial charge in [-0.25, -0.2) is 0 Å². The Labute approximate surface area is 124 Å². The van der Waals surface area contributed by atoms with Crippen molar-refractivity contribution in [3.8, 4) is 0 Å². The summed E-state index contributed by atoms with van der Waals surface area (Å²) in [5, 5.41) is 2.90. The Bertz CT molecular complexity index is 485. The fraction of sp³-hybridized carbons (Fsp3) is 0.625. The van der Waals surface area contributed by atoms with Crippen molar-refractivity contribution < 1.29 is 13.2 Å². The number of hydrogen-bond donors (Lipinski definition) is 1. The summed E-state index contributed by atoms with van der Waals surface area (Å²) in [6.45, 7) is 5.26. The van der Waals surface area contributed by atoms with Crippen LogP contribution in [0.3, 0.4) is 0 Å². The van der Waals surface area contributed by atoms with Gasteiger partial charge in [0, 0.05) is 24.8 Å². The Hall–Kier alpha value is -1.23. The summed E-state index contributed by atoms with van der Waals surface area (Å²) in [5.41, 5.74) is 0.462. The zero-order valence-electron chi connectivity index (χ0n) is 12.8. The van der Waals surface area contributed by atoms with E-state index < -0.39 is 11.7 Å². The smallest absolute Gasteiger partial charge is 0.368 e. The molecule has 1 aromatic carbocycles. The molecule has 1 saturated heterocycles. The molecule has 1 N–H and O–H groups in total. The second-order valence-electron chi connectivity index (χ2n) is 5.93. The molecule has 21 heavy (non-hydrogen) atoms. The molecule has 2 nitrogen and oxygen atoms in total. The van der Waals surface area contributed by atoms with Crippen LogP contribution in [0.5, 0.6) is 0 Å². The second-order valence-corrected chi connectivity index (χ2v) is 5.93. The highest BCUT2D eigenvalue weighted by Gasteiger charge is 2.37. The molecule has 2 atom stereocenters. The van der Waals surface area contributed by atoms with Gasteiger partial charge in [0.1, 0.15) is 0 Å². The third-order valence-corrected chi connectivity index (χ3v) is 4.43. The minimum Gasteiger partial charge on any atom is -0.368 e. The molecule has 1 fully saturated rings. The fourth-order valence-corrected chi connectivity index (χ4v) is 3.05. The van der Waals surface area contributed by atoms with Crippen molar-refractivity contribution in [1.29, 1.82) is 0 Å². The molecule has 1 aliphatic rings. The molecule has 0 amide bonds. The molecule has 1 aromatic rings. The highest BCUT2D eigenvalue weighted by atomic mass is 19.4. The summed E-state index contributed by atoms with van der Waals surface area (Å²) in [7, 11) is 1.73.